The molecule has 0 amide bonds. The number of hydrogen-bond acceptors (Lipinski definition) is 2. The van der Waals surface area contributed by atoms with Gasteiger partial charge in [-0.25, -0.2) is 0 Å². The van der Waals surface area contributed by atoms with E-state index in [1.165, 1.54) is 0 Å². The van der Waals surface area contributed by atoms with Crippen molar-refractivity contribution in [2.24, 2.45) is 5.10 Å². The molecule has 2 aromatic rings. The maximum atomic E-state index is 6.07. The summed E-state index contributed by atoms with van der Waals surface area (Å²) in [5.74, 6) is 0. The van der Waals surface area contributed by atoms with E-state index in [0.717, 1.165) is 5.56 Å². The lowest BCUT2D eigenvalue weighted by Gasteiger charge is -2.07. The number of benzene rings is 2. The highest BCUT2D eigenvalue weighted by molar-refractivity contribution is 6.69. The average molecular weight is 334 g/mol. The molecule has 0 saturated carbocycles. The predicted molar refractivity (Wildman–Crippen MR) is 83.9 cm³/mol. The van der Waals surface area contributed by atoms with E-state index >= 15 is 0 Å². The Morgan fingerprint density at radius 3 is 2.11 bits per heavy atom. The molecule has 2 aromatic carbocycles. The van der Waals surface area contributed by atoms with Crippen molar-refractivity contribution in [2.45, 2.75) is 0 Å². The van der Waals surface area contributed by atoms with Crippen LogP contribution in [0.5, 0.6) is 0 Å². The molecule has 0 aromatic heterocycles. The minimum Gasteiger partial charge on any atom is -0.274 e. The van der Waals surface area contributed by atoms with Crippen LogP contribution in [0.2, 0.25) is 15.1 Å². The van der Waals surface area contributed by atoms with Gasteiger partial charge in [0.2, 0.25) is 0 Å². The number of halogens is 4. The Kier molecular flexibility index (Phi) is 4.94. The first-order chi connectivity index (χ1) is 9.08. The zero-order valence-corrected chi connectivity index (χ0v) is 12.5. The molecular weight excluding hydrogens is 326 g/mol. The summed E-state index contributed by atoms with van der Waals surface area (Å²) in [5.41, 5.74) is 3.99. The highest BCUT2D eigenvalue weighted by Gasteiger charge is 2.07. The van der Waals surface area contributed by atoms with Crippen LogP contribution in [0.15, 0.2) is 47.6 Å². The van der Waals surface area contributed by atoms with Crippen LogP contribution in [-0.2, 0) is 0 Å². The Morgan fingerprint density at radius 2 is 1.53 bits per heavy atom. The molecule has 0 aliphatic rings. The van der Waals surface area contributed by atoms with Gasteiger partial charge in [-0.1, -0.05) is 76.7 Å². The Hall–Kier alpha value is -0.930. The van der Waals surface area contributed by atoms with Crippen molar-refractivity contribution < 1.29 is 0 Å². The fourth-order valence-electron chi connectivity index (χ4n) is 1.39. The van der Waals surface area contributed by atoms with E-state index in [4.69, 9.17) is 46.4 Å². The average Bonchev–Trinajstić information content (AvgIpc) is 2.38. The molecule has 0 aliphatic heterocycles. The minimum absolute atomic E-state index is 0.308. The van der Waals surface area contributed by atoms with Crippen molar-refractivity contribution in [3.63, 3.8) is 0 Å². The zero-order valence-electron chi connectivity index (χ0n) is 9.50. The molecule has 0 heterocycles. The zero-order chi connectivity index (χ0) is 13.8. The van der Waals surface area contributed by atoms with E-state index in [2.05, 4.69) is 10.5 Å². The molecule has 2 nitrogen and oxygen atoms in total. The van der Waals surface area contributed by atoms with E-state index in [0.29, 0.717) is 25.9 Å². The third kappa shape index (κ3) is 3.77. The van der Waals surface area contributed by atoms with Crippen LogP contribution >= 0.6 is 46.4 Å². The Balaban J connectivity index is 2.23. The lowest BCUT2D eigenvalue weighted by Crippen LogP contribution is -1.98. The summed E-state index contributed by atoms with van der Waals surface area (Å²) in [4.78, 5) is 0. The monoisotopic (exact) mass is 332 g/mol. The Morgan fingerprint density at radius 1 is 0.947 bits per heavy atom. The highest BCUT2D eigenvalue weighted by atomic mass is 35.5. The van der Waals surface area contributed by atoms with Gasteiger partial charge < -0.3 is 0 Å². The van der Waals surface area contributed by atoms with Crippen LogP contribution in [0.25, 0.3) is 0 Å². The topological polar surface area (TPSA) is 24.4 Å². The maximum Gasteiger partial charge on any atom is 0.156 e. The molecule has 19 heavy (non-hydrogen) atoms. The molecule has 0 atom stereocenters. The molecule has 1 N–H and O–H groups in total. The maximum absolute atomic E-state index is 6.07. The second-order valence-electron chi connectivity index (χ2n) is 3.62. The van der Waals surface area contributed by atoms with Crippen LogP contribution in [0.1, 0.15) is 5.56 Å². The number of anilines is 1. The third-order valence-electron chi connectivity index (χ3n) is 2.28. The van der Waals surface area contributed by atoms with Crippen LogP contribution in [0.3, 0.4) is 0 Å². The molecule has 0 saturated heterocycles. The van der Waals surface area contributed by atoms with E-state index in [1.54, 1.807) is 12.1 Å². The molecule has 0 unspecified atom stereocenters. The van der Waals surface area contributed by atoms with Crippen LogP contribution < -0.4 is 5.43 Å². The van der Waals surface area contributed by atoms with Gasteiger partial charge in [0.05, 0.1) is 15.7 Å². The Bertz CT molecular complexity index is 588. The minimum atomic E-state index is 0.308. The van der Waals surface area contributed by atoms with Crippen molar-refractivity contribution in [2.75, 3.05) is 5.43 Å². The molecule has 0 bridgehead atoms. The first-order valence-corrected chi connectivity index (χ1v) is 6.78. The Labute approximate surface area is 130 Å². The second-order valence-corrected chi connectivity index (χ2v) is 5.23. The number of nitrogens with one attached hydrogen (secondary N) is 1. The molecule has 0 spiro atoms. The van der Waals surface area contributed by atoms with Crippen molar-refractivity contribution in [1.82, 2.24) is 0 Å². The smallest absolute Gasteiger partial charge is 0.156 e. The lowest BCUT2D eigenvalue weighted by molar-refractivity contribution is 1.34. The highest BCUT2D eigenvalue weighted by Crippen LogP contribution is 2.33. The fraction of sp³-hybridized carbons (Fsp3) is 0. The molecule has 6 heteroatoms. The third-order valence-corrected chi connectivity index (χ3v) is 3.40. The molecule has 0 fully saturated rings. The van der Waals surface area contributed by atoms with Crippen molar-refractivity contribution in [3.8, 4) is 0 Å². The van der Waals surface area contributed by atoms with Crippen molar-refractivity contribution in [3.05, 3.63) is 63.1 Å². The quantitative estimate of drug-likeness (QED) is 0.568. The summed E-state index contributed by atoms with van der Waals surface area (Å²) in [5, 5.41) is 5.55. The van der Waals surface area contributed by atoms with Gasteiger partial charge >= 0.3 is 0 Å². The number of hydrazone groups is 1. The van der Waals surface area contributed by atoms with E-state index in [-0.39, 0.29) is 0 Å². The first-order valence-electron chi connectivity index (χ1n) is 5.27. The fourth-order valence-corrected chi connectivity index (χ4v) is 2.46. The molecule has 0 aliphatic carbocycles. The van der Waals surface area contributed by atoms with E-state index in [9.17, 15) is 0 Å². The largest absolute Gasteiger partial charge is 0.274 e. The number of nitrogens with zero attached hydrogens (tertiary/aromatic N) is 1. The van der Waals surface area contributed by atoms with Gasteiger partial charge in [-0.05, 0) is 12.1 Å². The summed E-state index contributed by atoms with van der Waals surface area (Å²) in [6.07, 6.45) is 0. The van der Waals surface area contributed by atoms with Gasteiger partial charge in [0.15, 0.2) is 5.17 Å². The van der Waals surface area contributed by atoms with Gasteiger partial charge in [0.1, 0.15) is 0 Å². The van der Waals surface area contributed by atoms with E-state index < -0.39 is 0 Å². The van der Waals surface area contributed by atoms with Gasteiger partial charge in [-0.3, -0.25) is 5.43 Å². The normalized spacial score (nSPS) is 11.5. The summed E-state index contributed by atoms with van der Waals surface area (Å²) in [6.45, 7) is 0. The first kappa shape index (κ1) is 14.5. The second kappa shape index (κ2) is 6.49. The van der Waals surface area contributed by atoms with Gasteiger partial charge in [-0.2, -0.15) is 5.10 Å². The van der Waals surface area contributed by atoms with Crippen LogP contribution in [0, 0.1) is 0 Å². The molecule has 98 valence electrons. The SMILES string of the molecule is ClC(=NNc1c(Cl)cc(Cl)cc1Cl)c1ccccc1. The van der Waals surface area contributed by atoms with Gasteiger partial charge in [0.25, 0.3) is 0 Å². The summed E-state index contributed by atoms with van der Waals surface area (Å²) in [7, 11) is 0. The number of hydrogen-bond donors (Lipinski definition) is 1. The van der Waals surface area contributed by atoms with Crippen LogP contribution in [-0.4, -0.2) is 5.17 Å². The van der Waals surface area contributed by atoms with Crippen LogP contribution in [0.4, 0.5) is 5.69 Å². The predicted octanol–water partition coefficient (Wildman–Crippen LogP) is 5.66. The van der Waals surface area contributed by atoms with Gasteiger partial charge in [0, 0.05) is 10.6 Å². The number of rotatable bonds is 3. The van der Waals surface area contributed by atoms with Crippen molar-refractivity contribution >= 4 is 57.3 Å². The lowest BCUT2D eigenvalue weighted by atomic mass is 10.2. The summed E-state index contributed by atoms with van der Waals surface area (Å²) in [6, 6.07) is 12.5. The molecular formula is C13H8Cl4N2. The van der Waals surface area contributed by atoms with E-state index in [1.807, 2.05) is 30.3 Å². The van der Waals surface area contributed by atoms with Crippen molar-refractivity contribution in [1.29, 1.82) is 0 Å². The standard InChI is InChI=1S/C13H8Cl4N2/c14-9-6-10(15)12(11(16)7-9)18-19-13(17)8-4-2-1-3-5-8/h1-7,18H. The van der Waals surface area contributed by atoms with Gasteiger partial charge in [-0.15, -0.1) is 0 Å². The molecule has 2 rings (SSSR count). The summed E-state index contributed by atoms with van der Waals surface area (Å²) >= 11 is 23.9. The molecule has 0 radical (unpaired) electrons. The summed E-state index contributed by atoms with van der Waals surface area (Å²) < 4.78 is 0.